The number of carbonyl (C=O) groups excluding carboxylic acids is 8. The minimum absolute atomic E-state index is 0.157. The highest BCUT2D eigenvalue weighted by atomic mass is 16.4. The number of nitrogens with two attached hydrogens (primary N) is 3. The number of unbranched alkanes of at least 4 members (excludes halogenated alkanes) is 1. The lowest BCUT2D eigenvalue weighted by Crippen LogP contribution is -2.61. The van der Waals surface area contributed by atoms with Crippen LogP contribution in [0.15, 0.2) is 30.3 Å². The van der Waals surface area contributed by atoms with Crippen LogP contribution in [0.1, 0.15) is 51.5 Å². The molecule has 0 aliphatic rings. The van der Waals surface area contributed by atoms with E-state index in [4.69, 9.17) is 17.2 Å². The third-order valence-corrected chi connectivity index (χ3v) is 9.01. The van der Waals surface area contributed by atoms with E-state index in [0.29, 0.717) is 12.8 Å². The van der Waals surface area contributed by atoms with Crippen molar-refractivity contribution in [2.75, 3.05) is 39.5 Å². The van der Waals surface area contributed by atoms with Crippen molar-refractivity contribution in [2.24, 2.45) is 17.2 Å². The zero-order valence-corrected chi connectivity index (χ0v) is 34.1. The molecule has 24 heteroatoms. The number of nitrogens with zero attached hydrogens (tertiary/aromatic N) is 1. The molecule has 24 nitrogen and oxygen atoms in total. The number of ketones is 2. The number of amides is 6. The molecule has 0 heterocycles. The molecule has 0 aromatic heterocycles. The smallest absolute Gasteiger partial charge is 0.322 e. The lowest BCUT2D eigenvalue weighted by Gasteiger charge is -2.32. The molecule has 6 amide bonds. The molecular formula is C37H60N10O14. The van der Waals surface area contributed by atoms with Gasteiger partial charge >= 0.3 is 5.97 Å². The van der Waals surface area contributed by atoms with Gasteiger partial charge in [0.1, 0.15) is 36.3 Å². The number of aliphatic carboxylic acids is 1. The predicted molar refractivity (Wildman–Crippen MR) is 214 cm³/mol. The van der Waals surface area contributed by atoms with Crippen molar-refractivity contribution in [3.63, 3.8) is 0 Å². The Morgan fingerprint density at radius 2 is 1.36 bits per heavy atom. The third-order valence-electron chi connectivity index (χ3n) is 9.01. The molecule has 0 radical (unpaired) electrons. The van der Waals surface area contributed by atoms with E-state index in [1.165, 1.54) is 0 Å². The number of hydrogen-bond acceptors (Lipinski definition) is 17. The molecule has 0 saturated carbocycles. The van der Waals surface area contributed by atoms with Crippen molar-refractivity contribution >= 4 is 53.0 Å². The first-order valence-electron chi connectivity index (χ1n) is 19.4. The zero-order valence-electron chi connectivity index (χ0n) is 34.1. The minimum atomic E-state index is -1.98. The van der Waals surface area contributed by atoms with Gasteiger partial charge in [0.05, 0.1) is 32.3 Å². The van der Waals surface area contributed by atoms with E-state index in [9.17, 15) is 68.7 Å². The molecule has 8 atom stereocenters. The Hall–Kier alpha value is -5.47. The van der Waals surface area contributed by atoms with E-state index in [1.54, 1.807) is 30.3 Å². The van der Waals surface area contributed by atoms with E-state index in [1.807, 2.05) is 0 Å². The van der Waals surface area contributed by atoms with Gasteiger partial charge in [-0.3, -0.25) is 43.2 Å². The van der Waals surface area contributed by atoms with Gasteiger partial charge in [-0.05, 0) is 31.7 Å². The number of benzene rings is 1. The molecule has 1 rings (SSSR count). The van der Waals surface area contributed by atoms with Crippen molar-refractivity contribution in [2.45, 2.75) is 101 Å². The lowest BCUT2D eigenvalue weighted by atomic mass is 9.98. The molecule has 342 valence electrons. The van der Waals surface area contributed by atoms with Crippen LogP contribution in [0, 0.1) is 0 Å². The maximum absolute atomic E-state index is 13.3. The fourth-order valence-electron chi connectivity index (χ4n) is 5.55. The number of aliphatic hydroxyl groups is 4. The topological polar surface area (TPSA) is 408 Å². The van der Waals surface area contributed by atoms with E-state index >= 15 is 0 Å². The number of carboxylic acid groups (broad SMARTS) is 1. The molecule has 1 aromatic carbocycles. The average Bonchev–Trinajstić information content (AvgIpc) is 3.22. The number of primary amides is 1. The molecule has 17 N–H and O–H groups in total. The van der Waals surface area contributed by atoms with Gasteiger partial charge in [0.2, 0.25) is 47.0 Å². The Labute approximate surface area is 351 Å². The molecule has 0 spiro atoms. The van der Waals surface area contributed by atoms with E-state index in [0.717, 1.165) is 24.3 Å². The van der Waals surface area contributed by atoms with E-state index in [-0.39, 0.29) is 32.4 Å². The van der Waals surface area contributed by atoms with Crippen molar-refractivity contribution in [1.82, 2.24) is 37.0 Å². The summed E-state index contributed by atoms with van der Waals surface area (Å²) in [6, 6.07) is -1.31. The number of hydrogen-bond donors (Lipinski definition) is 14. The van der Waals surface area contributed by atoms with Crippen LogP contribution in [0.3, 0.4) is 0 Å². The first-order chi connectivity index (χ1) is 28.8. The first kappa shape index (κ1) is 53.5. The Bertz CT molecular complexity index is 1640. The highest BCUT2D eigenvalue weighted by Gasteiger charge is 2.38. The van der Waals surface area contributed by atoms with Crippen LogP contribution in [0.25, 0.3) is 0 Å². The standard InChI is InChI=1S/C37H60N10O14/c1-20(51)31(44-36(59)28(15-29(40)53)47(21(2)52)16-23(38)17-48)33(56)32(55)27(19-50)46-45-25(37(60)61)10-11-30(54)41-12-6-7-13-42-35(58)26(43-34(57)24(39)18-49)14-22-8-4-3-5-9-22/h3-5,8-9,20,23-28,31,45-46,48-51H,6-7,10-19,38-39H2,1-2H3,(H2,40,53)(H,41,54)(H,42,58)(H,43,57)(H,44,59)(H,60,61)/t20-,23?,24?,25?,26?,27?,28?,31+/m1/s1. The summed E-state index contributed by atoms with van der Waals surface area (Å²) in [6.07, 6.45) is -2.18. The SMILES string of the molecule is CC(=O)N(CC(N)CO)C(CC(N)=O)C(=O)N[C@H](C(=O)C(=O)C(CO)NNC(CCC(=O)NCCCCNC(=O)C(Cc1ccccc1)NC(=O)C(N)CO)C(=O)O)[C@@H](C)O. The van der Waals surface area contributed by atoms with Crippen LogP contribution in [0.5, 0.6) is 0 Å². The van der Waals surface area contributed by atoms with Crippen LogP contribution < -0.4 is 49.3 Å². The second-order valence-corrected chi connectivity index (χ2v) is 14.1. The summed E-state index contributed by atoms with van der Waals surface area (Å²) in [5.41, 5.74) is 21.8. The number of rotatable bonds is 31. The molecule has 1 aromatic rings. The molecule has 0 fully saturated rings. The van der Waals surface area contributed by atoms with E-state index < -0.39 is 134 Å². The van der Waals surface area contributed by atoms with Gasteiger partial charge in [-0.1, -0.05) is 30.3 Å². The molecule has 61 heavy (non-hydrogen) atoms. The Morgan fingerprint density at radius 1 is 0.754 bits per heavy atom. The van der Waals surface area contributed by atoms with Crippen LogP contribution in [-0.2, 0) is 49.6 Å². The van der Waals surface area contributed by atoms with Crippen LogP contribution in [-0.4, -0.2) is 171 Å². The minimum Gasteiger partial charge on any atom is -0.480 e. The lowest BCUT2D eigenvalue weighted by molar-refractivity contribution is -0.145. The predicted octanol–water partition coefficient (Wildman–Crippen LogP) is -6.85. The summed E-state index contributed by atoms with van der Waals surface area (Å²) in [5, 5.41) is 58.3. The fourth-order valence-corrected chi connectivity index (χ4v) is 5.55. The molecular weight excluding hydrogens is 808 g/mol. The van der Waals surface area contributed by atoms with Gasteiger partial charge in [0.25, 0.3) is 0 Å². The molecule has 6 unspecified atom stereocenters. The number of Topliss-reactive ketones (excluding diaryl/α,β-unsaturated/α-hetero) is 2. The number of carboxylic acids is 1. The van der Waals surface area contributed by atoms with Gasteiger partial charge in [0, 0.05) is 45.4 Å². The monoisotopic (exact) mass is 868 g/mol. The Kier molecular flexibility index (Phi) is 24.7. The van der Waals surface area contributed by atoms with Crippen LogP contribution in [0.4, 0.5) is 0 Å². The number of carbonyl (C=O) groups is 9. The van der Waals surface area contributed by atoms with E-state index in [2.05, 4.69) is 32.1 Å². The number of nitrogens with one attached hydrogen (secondary N) is 6. The van der Waals surface area contributed by atoms with Gasteiger partial charge in [-0.25, -0.2) is 10.9 Å². The number of hydrazine groups is 1. The maximum Gasteiger partial charge on any atom is 0.322 e. The van der Waals surface area contributed by atoms with Crippen LogP contribution >= 0.6 is 0 Å². The Morgan fingerprint density at radius 3 is 1.89 bits per heavy atom. The summed E-state index contributed by atoms with van der Waals surface area (Å²) in [7, 11) is 0. The maximum atomic E-state index is 13.3. The summed E-state index contributed by atoms with van der Waals surface area (Å²) >= 11 is 0. The van der Waals surface area contributed by atoms with Gasteiger partial charge < -0.3 is 68.9 Å². The second kappa shape index (κ2) is 28.1. The van der Waals surface area contributed by atoms with Crippen molar-refractivity contribution < 1.29 is 68.7 Å². The third kappa shape index (κ3) is 19.6. The van der Waals surface area contributed by atoms with Crippen molar-refractivity contribution in [3.8, 4) is 0 Å². The fraction of sp³-hybridized carbons (Fsp3) is 0.595. The normalized spacial score (nSPS) is 15.0. The van der Waals surface area contributed by atoms with Crippen molar-refractivity contribution in [1.29, 1.82) is 0 Å². The van der Waals surface area contributed by atoms with Crippen LogP contribution in [0.2, 0.25) is 0 Å². The summed E-state index contributed by atoms with van der Waals surface area (Å²) < 4.78 is 0. The highest BCUT2D eigenvalue weighted by Crippen LogP contribution is 2.10. The van der Waals surface area contributed by atoms with Crippen molar-refractivity contribution in [3.05, 3.63) is 35.9 Å². The van der Waals surface area contributed by atoms with Gasteiger partial charge in [0.15, 0.2) is 0 Å². The van der Waals surface area contributed by atoms with Gasteiger partial charge in [-0.2, -0.15) is 0 Å². The second-order valence-electron chi connectivity index (χ2n) is 14.1. The molecule has 0 saturated heterocycles. The van der Waals surface area contributed by atoms with Gasteiger partial charge in [-0.15, -0.1) is 0 Å². The summed E-state index contributed by atoms with van der Waals surface area (Å²) in [6.45, 7) is -0.279. The largest absolute Gasteiger partial charge is 0.480 e. The summed E-state index contributed by atoms with van der Waals surface area (Å²) in [5.74, 6) is -9.07. The highest BCUT2D eigenvalue weighted by molar-refractivity contribution is 6.41. The summed E-state index contributed by atoms with van der Waals surface area (Å²) in [4.78, 5) is 114. The molecule has 0 aliphatic carbocycles. The average molecular weight is 869 g/mol. The first-order valence-corrected chi connectivity index (χ1v) is 19.4. The Balaban J connectivity index is 2.74. The molecule has 0 aliphatic heterocycles. The zero-order chi connectivity index (χ0) is 46.2. The quantitative estimate of drug-likeness (QED) is 0.0187. The molecule has 0 bridgehead atoms. The number of aliphatic hydroxyl groups excluding tert-OH is 4.